The Bertz CT molecular complexity index is 876. The second kappa shape index (κ2) is 9.06. The van der Waals surface area contributed by atoms with E-state index in [1.54, 1.807) is 18.5 Å². The van der Waals surface area contributed by atoms with Crippen LogP contribution in [0.15, 0.2) is 53.7 Å². The van der Waals surface area contributed by atoms with Gasteiger partial charge in [-0.2, -0.15) is 0 Å². The molecule has 1 aromatic carbocycles. The summed E-state index contributed by atoms with van der Waals surface area (Å²) < 4.78 is 5.62. The number of benzene rings is 1. The van der Waals surface area contributed by atoms with Crippen molar-refractivity contribution < 1.29 is 14.3 Å². The molecule has 0 saturated heterocycles. The van der Waals surface area contributed by atoms with Gasteiger partial charge in [-0.05, 0) is 35.7 Å². The lowest BCUT2D eigenvalue weighted by molar-refractivity contribution is -0.137. The van der Waals surface area contributed by atoms with Crippen LogP contribution in [0.2, 0.25) is 0 Å². The normalized spacial score (nSPS) is 14.4. The van der Waals surface area contributed by atoms with Gasteiger partial charge in [-0.25, -0.2) is 0 Å². The van der Waals surface area contributed by atoms with Crippen LogP contribution < -0.4 is 4.74 Å². The Balaban J connectivity index is 1.91. The summed E-state index contributed by atoms with van der Waals surface area (Å²) in [4.78, 5) is 32.1. The first-order valence-electron chi connectivity index (χ1n) is 9.40. The van der Waals surface area contributed by atoms with E-state index in [4.69, 9.17) is 4.74 Å². The largest absolute Gasteiger partial charge is 0.494 e. The highest BCUT2D eigenvalue weighted by molar-refractivity contribution is 8.04. The van der Waals surface area contributed by atoms with Crippen molar-refractivity contribution in [2.45, 2.75) is 39.0 Å². The van der Waals surface area contributed by atoms with E-state index in [2.05, 4.69) is 4.98 Å². The van der Waals surface area contributed by atoms with Gasteiger partial charge in [-0.1, -0.05) is 39.0 Å². The van der Waals surface area contributed by atoms with Crippen molar-refractivity contribution in [3.63, 3.8) is 0 Å². The molecule has 2 aromatic rings. The monoisotopic (exact) mass is 396 g/mol. The minimum Gasteiger partial charge on any atom is -0.494 e. The first kappa shape index (κ1) is 20.1. The molecule has 0 N–H and O–H groups in total. The molecule has 0 bridgehead atoms. The second-order valence-corrected chi connectivity index (χ2v) is 8.39. The standard InChI is InChI=1S/C22H24N2O3S/c1-4-12-27-18-9-7-17(8-10-18)19-20(28-15(2)3)22(26)24(21(19)25)14-16-6-5-11-23-13-16/h5-11,13,15H,4,12,14H2,1-3H3. The summed E-state index contributed by atoms with van der Waals surface area (Å²) in [5.74, 6) is 0.251. The van der Waals surface area contributed by atoms with Crippen LogP contribution in [0.4, 0.5) is 0 Å². The zero-order valence-corrected chi connectivity index (χ0v) is 17.2. The van der Waals surface area contributed by atoms with Crippen molar-refractivity contribution in [2.24, 2.45) is 0 Å². The fourth-order valence-corrected chi connectivity index (χ4v) is 3.91. The van der Waals surface area contributed by atoms with Gasteiger partial charge in [0.05, 0.1) is 23.6 Å². The van der Waals surface area contributed by atoms with Gasteiger partial charge in [-0.15, -0.1) is 11.8 Å². The van der Waals surface area contributed by atoms with Crippen LogP contribution in [-0.2, 0) is 16.1 Å². The lowest BCUT2D eigenvalue weighted by atomic mass is 10.1. The number of thioether (sulfide) groups is 1. The fourth-order valence-electron chi connectivity index (χ4n) is 2.91. The fraction of sp³-hybridized carbons (Fsp3) is 0.318. The number of ether oxygens (including phenoxy) is 1. The molecule has 2 amide bonds. The minimum absolute atomic E-state index is 0.187. The maximum atomic E-state index is 13.2. The van der Waals surface area contributed by atoms with E-state index in [0.29, 0.717) is 17.1 Å². The number of hydrogen-bond donors (Lipinski definition) is 0. The van der Waals surface area contributed by atoms with Crippen molar-refractivity contribution in [1.82, 2.24) is 9.88 Å². The van der Waals surface area contributed by atoms with E-state index in [-0.39, 0.29) is 23.6 Å². The van der Waals surface area contributed by atoms with Crippen molar-refractivity contribution in [3.8, 4) is 5.75 Å². The summed E-state index contributed by atoms with van der Waals surface area (Å²) in [5, 5.41) is 0.187. The van der Waals surface area contributed by atoms with E-state index < -0.39 is 0 Å². The van der Waals surface area contributed by atoms with E-state index in [9.17, 15) is 9.59 Å². The van der Waals surface area contributed by atoms with Crippen LogP contribution in [0.25, 0.3) is 5.57 Å². The average molecular weight is 397 g/mol. The first-order chi connectivity index (χ1) is 13.5. The summed E-state index contributed by atoms with van der Waals surface area (Å²) >= 11 is 1.43. The van der Waals surface area contributed by atoms with Crippen LogP contribution in [-0.4, -0.2) is 33.6 Å². The molecule has 146 valence electrons. The summed E-state index contributed by atoms with van der Waals surface area (Å²) in [5.41, 5.74) is 2.02. The third-order valence-electron chi connectivity index (χ3n) is 4.16. The molecule has 0 radical (unpaired) electrons. The molecule has 1 aliphatic rings. The predicted molar refractivity (Wildman–Crippen MR) is 112 cm³/mol. The molecular weight excluding hydrogens is 372 g/mol. The zero-order chi connectivity index (χ0) is 20.1. The number of imide groups is 1. The van der Waals surface area contributed by atoms with E-state index in [1.165, 1.54) is 16.7 Å². The van der Waals surface area contributed by atoms with Crippen molar-refractivity contribution in [1.29, 1.82) is 0 Å². The van der Waals surface area contributed by atoms with Gasteiger partial charge in [-0.3, -0.25) is 19.5 Å². The lowest BCUT2D eigenvalue weighted by Crippen LogP contribution is -2.31. The van der Waals surface area contributed by atoms with Crippen molar-refractivity contribution >= 4 is 29.1 Å². The zero-order valence-electron chi connectivity index (χ0n) is 16.3. The predicted octanol–water partition coefficient (Wildman–Crippen LogP) is 4.29. The molecule has 0 aliphatic carbocycles. The Morgan fingerprint density at radius 2 is 1.86 bits per heavy atom. The number of aromatic nitrogens is 1. The van der Waals surface area contributed by atoms with Gasteiger partial charge in [0.15, 0.2) is 0 Å². The molecule has 0 unspecified atom stereocenters. The summed E-state index contributed by atoms with van der Waals surface area (Å²) in [7, 11) is 0. The van der Waals surface area contributed by atoms with Crippen molar-refractivity contribution in [3.05, 3.63) is 64.8 Å². The van der Waals surface area contributed by atoms with E-state index in [0.717, 1.165) is 23.3 Å². The maximum absolute atomic E-state index is 13.2. The number of amides is 2. The van der Waals surface area contributed by atoms with Gasteiger partial charge in [0.2, 0.25) is 0 Å². The molecule has 5 nitrogen and oxygen atoms in total. The van der Waals surface area contributed by atoms with Gasteiger partial charge in [0, 0.05) is 17.6 Å². The summed E-state index contributed by atoms with van der Waals surface area (Å²) in [6, 6.07) is 11.0. The SMILES string of the molecule is CCCOc1ccc(C2=C(SC(C)C)C(=O)N(Cc3cccnc3)C2=O)cc1. The molecule has 2 heterocycles. The highest BCUT2D eigenvalue weighted by Crippen LogP contribution is 2.38. The van der Waals surface area contributed by atoms with Gasteiger partial charge in [0.25, 0.3) is 11.8 Å². The molecule has 0 atom stereocenters. The van der Waals surface area contributed by atoms with Crippen LogP contribution in [0.3, 0.4) is 0 Å². The van der Waals surface area contributed by atoms with Crippen molar-refractivity contribution in [2.75, 3.05) is 6.61 Å². The molecule has 6 heteroatoms. The molecule has 0 fully saturated rings. The number of carbonyl (C=O) groups excluding carboxylic acids is 2. The molecular formula is C22H24N2O3S. The molecule has 1 aromatic heterocycles. The number of carbonyl (C=O) groups is 2. The smallest absolute Gasteiger partial charge is 0.268 e. The molecule has 0 spiro atoms. The lowest BCUT2D eigenvalue weighted by Gasteiger charge is -2.15. The quantitative estimate of drug-likeness (QED) is 0.623. The van der Waals surface area contributed by atoms with E-state index >= 15 is 0 Å². The van der Waals surface area contributed by atoms with Crippen LogP contribution in [0.1, 0.15) is 38.3 Å². The van der Waals surface area contributed by atoms with Gasteiger partial charge >= 0.3 is 0 Å². The Morgan fingerprint density at radius 3 is 2.46 bits per heavy atom. The Hall–Kier alpha value is -2.60. The Kier molecular flexibility index (Phi) is 6.52. The number of rotatable bonds is 8. The van der Waals surface area contributed by atoms with Gasteiger partial charge in [0.1, 0.15) is 5.75 Å². The molecule has 1 aliphatic heterocycles. The third-order valence-corrected chi connectivity index (χ3v) is 5.24. The minimum atomic E-state index is -0.265. The highest BCUT2D eigenvalue weighted by Gasteiger charge is 2.39. The topological polar surface area (TPSA) is 59.5 Å². The Morgan fingerprint density at radius 1 is 1.11 bits per heavy atom. The van der Waals surface area contributed by atoms with Gasteiger partial charge < -0.3 is 4.74 Å². The van der Waals surface area contributed by atoms with Crippen LogP contribution in [0, 0.1) is 0 Å². The highest BCUT2D eigenvalue weighted by atomic mass is 32.2. The number of hydrogen-bond acceptors (Lipinski definition) is 5. The molecule has 28 heavy (non-hydrogen) atoms. The molecule has 0 saturated carbocycles. The Labute approximate surface area is 169 Å². The summed E-state index contributed by atoms with van der Waals surface area (Å²) in [6.07, 6.45) is 4.27. The molecule has 3 rings (SSSR count). The number of nitrogens with zero attached hydrogens (tertiary/aromatic N) is 2. The summed E-state index contributed by atoms with van der Waals surface area (Å²) in [6.45, 7) is 6.94. The first-order valence-corrected chi connectivity index (χ1v) is 10.3. The third kappa shape index (κ3) is 4.44. The number of pyridine rings is 1. The average Bonchev–Trinajstić information content (AvgIpc) is 2.91. The second-order valence-electron chi connectivity index (χ2n) is 6.80. The van der Waals surface area contributed by atoms with Crippen LogP contribution in [0.5, 0.6) is 5.75 Å². The van der Waals surface area contributed by atoms with E-state index in [1.807, 2.05) is 51.1 Å². The maximum Gasteiger partial charge on any atom is 0.268 e. The van der Waals surface area contributed by atoms with Crippen LogP contribution >= 0.6 is 11.8 Å².